The molecule has 1 amide bonds. The SMILES string of the molecule is CCCCC1C(c2ccc(C)cc2)=NN(c2ccccc2)C1(C)C(=O)NCCS(C)(=O)=O. The molecule has 0 spiro atoms. The zero-order chi connectivity index (χ0) is 23.4. The summed E-state index contributed by atoms with van der Waals surface area (Å²) in [6.45, 7) is 6.18. The van der Waals surface area contributed by atoms with Crippen LogP contribution in [0.25, 0.3) is 0 Å². The third kappa shape index (κ3) is 5.21. The molecule has 6 nitrogen and oxygen atoms in total. The lowest BCUT2D eigenvalue weighted by Crippen LogP contribution is -2.58. The van der Waals surface area contributed by atoms with E-state index in [2.05, 4.69) is 36.5 Å². The van der Waals surface area contributed by atoms with E-state index < -0.39 is 15.4 Å². The summed E-state index contributed by atoms with van der Waals surface area (Å²) in [5.74, 6) is -0.439. The Kier molecular flexibility index (Phi) is 7.39. The molecule has 0 bridgehead atoms. The highest BCUT2D eigenvalue weighted by Gasteiger charge is 2.53. The van der Waals surface area contributed by atoms with Gasteiger partial charge in [-0.1, -0.05) is 67.8 Å². The van der Waals surface area contributed by atoms with Crippen molar-refractivity contribution in [3.8, 4) is 0 Å². The molecule has 1 N–H and O–H groups in total. The van der Waals surface area contributed by atoms with E-state index >= 15 is 0 Å². The van der Waals surface area contributed by atoms with Crippen molar-refractivity contribution in [1.29, 1.82) is 0 Å². The molecule has 2 aromatic rings. The van der Waals surface area contributed by atoms with E-state index in [0.717, 1.165) is 36.2 Å². The number of hydrogen-bond acceptors (Lipinski definition) is 5. The number of carbonyl (C=O) groups excluding carboxylic acids is 1. The molecular weight excluding hydrogens is 422 g/mol. The fourth-order valence-electron chi connectivity index (χ4n) is 4.18. The number of sulfone groups is 1. The van der Waals surface area contributed by atoms with Crippen molar-refractivity contribution in [1.82, 2.24) is 5.32 Å². The van der Waals surface area contributed by atoms with Crippen LogP contribution in [0.1, 0.15) is 44.2 Å². The lowest BCUT2D eigenvalue weighted by Gasteiger charge is -2.37. The third-order valence-corrected chi connectivity index (χ3v) is 7.01. The quantitative estimate of drug-likeness (QED) is 0.621. The average molecular weight is 456 g/mol. The van der Waals surface area contributed by atoms with Crippen LogP contribution in [0, 0.1) is 12.8 Å². The molecule has 0 radical (unpaired) electrons. The Hall–Kier alpha value is -2.67. The van der Waals surface area contributed by atoms with Crippen LogP contribution in [0.3, 0.4) is 0 Å². The van der Waals surface area contributed by atoms with Crippen LogP contribution in [0.2, 0.25) is 0 Å². The molecule has 172 valence electrons. The van der Waals surface area contributed by atoms with Crippen molar-refractivity contribution in [2.75, 3.05) is 23.6 Å². The first-order chi connectivity index (χ1) is 15.2. The molecule has 1 aliphatic rings. The van der Waals surface area contributed by atoms with Crippen molar-refractivity contribution in [3.05, 3.63) is 65.7 Å². The molecule has 2 atom stereocenters. The van der Waals surface area contributed by atoms with Crippen molar-refractivity contribution in [3.63, 3.8) is 0 Å². The number of nitrogens with zero attached hydrogens (tertiary/aromatic N) is 2. The number of nitrogens with one attached hydrogen (secondary N) is 1. The third-order valence-electron chi connectivity index (χ3n) is 6.07. The lowest BCUT2D eigenvalue weighted by atomic mass is 9.77. The topological polar surface area (TPSA) is 78.8 Å². The van der Waals surface area contributed by atoms with Crippen LogP contribution in [-0.2, 0) is 14.6 Å². The normalized spacial score (nSPS) is 20.8. The molecule has 1 heterocycles. The molecule has 1 aliphatic heterocycles. The largest absolute Gasteiger partial charge is 0.353 e. The number of benzene rings is 2. The number of rotatable bonds is 9. The summed E-state index contributed by atoms with van der Waals surface area (Å²) < 4.78 is 23.2. The minimum atomic E-state index is -3.17. The molecule has 7 heteroatoms. The highest BCUT2D eigenvalue weighted by Crippen LogP contribution is 2.41. The minimum absolute atomic E-state index is 0.0796. The number of hydrazone groups is 1. The van der Waals surface area contributed by atoms with Crippen LogP contribution in [-0.4, -0.2) is 44.1 Å². The van der Waals surface area contributed by atoms with Gasteiger partial charge in [-0.05, 0) is 38.0 Å². The maximum Gasteiger partial charge on any atom is 0.248 e. The Morgan fingerprint density at radius 1 is 1.12 bits per heavy atom. The summed E-state index contributed by atoms with van der Waals surface area (Å²) in [4.78, 5) is 13.6. The lowest BCUT2D eigenvalue weighted by molar-refractivity contribution is -0.126. The summed E-state index contributed by atoms with van der Waals surface area (Å²) >= 11 is 0. The van der Waals surface area contributed by atoms with Crippen LogP contribution in [0.15, 0.2) is 59.7 Å². The standard InChI is InChI=1S/C25H33N3O3S/c1-5-6-12-22-23(20-15-13-19(2)14-16-20)27-28(21-10-8-7-9-11-21)25(22,3)24(29)26-17-18-32(4,30)31/h7-11,13-16,22H,5-6,12,17-18H2,1-4H3,(H,26,29). The second-order valence-electron chi connectivity index (χ2n) is 8.73. The van der Waals surface area contributed by atoms with Crippen molar-refractivity contribution < 1.29 is 13.2 Å². The summed E-state index contributed by atoms with van der Waals surface area (Å²) in [5, 5.41) is 9.69. The van der Waals surface area contributed by atoms with E-state index in [4.69, 9.17) is 5.10 Å². The Bertz CT molecular complexity index is 1070. The average Bonchev–Trinajstić information content (AvgIpc) is 3.06. The summed E-state index contributed by atoms with van der Waals surface area (Å²) in [5.41, 5.74) is 2.91. The number of para-hydroxylation sites is 1. The number of hydrogen-bond donors (Lipinski definition) is 1. The van der Waals surface area contributed by atoms with Crippen LogP contribution in [0.4, 0.5) is 5.69 Å². The van der Waals surface area contributed by atoms with Gasteiger partial charge < -0.3 is 5.32 Å². The van der Waals surface area contributed by atoms with Crippen molar-refractivity contribution in [2.24, 2.45) is 11.0 Å². The summed E-state index contributed by atoms with van der Waals surface area (Å²) in [6.07, 6.45) is 3.96. The van der Waals surface area contributed by atoms with Gasteiger partial charge in [-0.2, -0.15) is 5.10 Å². The number of anilines is 1. The molecule has 0 saturated heterocycles. The number of unbranched alkanes of at least 4 members (excludes halogenated alkanes) is 1. The van der Waals surface area contributed by atoms with Gasteiger partial charge in [0.25, 0.3) is 0 Å². The van der Waals surface area contributed by atoms with E-state index in [0.29, 0.717) is 0 Å². The van der Waals surface area contributed by atoms with E-state index in [1.807, 2.05) is 49.2 Å². The molecule has 0 aliphatic carbocycles. The first kappa shape index (κ1) is 24.0. The zero-order valence-corrected chi connectivity index (χ0v) is 20.2. The maximum atomic E-state index is 13.6. The van der Waals surface area contributed by atoms with Gasteiger partial charge in [-0.25, -0.2) is 13.4 Å². The Balaban J connectivity index is 2.05. The second-order valence-corrected chi connectivity index (χ2v) is 11.0. The van der Waals surface area contributed by atoms with Gasteiger partial charge >= 0.3 is 0 Å². The highest BCUT2D eigenvalue weighted by molar-refractivity contribution is 7.90. The number of aryl methyl sites for hydroxylation is 1. The molecule has 32 heavy (non-hydrogen) atoms. The molecular formula is C25H33N3O3S. The fourth-order valence-corrected chi connectivity index (χ4v) is 4.66. The highest BCUT2D eigenvalue weighted by atomic mass is 32.2. The van der Waals surface area contributed by atoms with Gasteiger partial charge in [0.05, 0.1) is 17.2 Å². The van der Waals surface area contributed by atoms with E-state index in [1.165, 1.54) is 11.8 Å². The van der Waals surface area contributed by atoms with Crippen LogP contribution in [0.5, 0.6) is 0 Å². The molecule has 0 fully saturated rings. The first-order valence-electron chi connectivity index (χ1n) is 11.1. The predicted octanol–water partition coefficient (Wildman–Crippen LogP) is 3.95. The van der Waals surface area contributed by atoms with Gasteiger partial charge in [0, 0.05) is 18.7 Å². The zero-order valence-electron chi connectivity index (χ0n) is 19.3. The molecule has 2 aromatic carbocycles. The predicted molar refractivity (Wildman–Crippen MR) is 131 cm³/mol. The maximum absolute atomic E-state index is 13.6. The smallest absolute Gasteiger partial charge is 0.248 e. The van der Waals surface area contributed by atoms with E-state index in [-0.39, 0.29) is 24.1 Å². The monoisotopic (exact) mass is 455 g/mol. The fraction of sp³-hybridized carbons (Fsp3) is 0.440. The van der Waals surface area contributed by atoms with Gasteiger partial charge in [0.1, 0.15) is 15.4 Å². The summed E-state index contributed by atoms with van der Waals surface area (Å²) in [6, 6.07) is 17.9. The van der Waals surface area contributed by atoms with Gasteiger partial charge in [-0.15, -0.1) is 0 Å². The first-order valence-corrected chi connectivity index (χ1v) is 13.2. The van der Waals surface area contributed by atoms with Crippen molar-refractivity contribution >= 4 is 27.1 Å². The van der Waals surface area contributed by atoms with Gasteiger partial charge in [0.2, 0.25) is 5.91 Å². The Labute approximate surface area is 191 Å². The van der Waals surface area contributed by atoms with E-state index in [1.54, 1.807) is 0 Å². The molecule has 2 unspecified atom stereocenters. The number of carbonyl (C=O) groups is 1. The summed E-state index contributed by atoms with van der Waals surface area (Å²) in [7, 11) is -3.17. The van der Waals surface area contributed by atoms with Gasteiger partial charge in [-0.3, -0.25) is 4.79 Å². The van der Waals surface area contributed by atoms with Crippen LogP contribution < -0.4 is 10.3 Å². The Morgan fingerprint density at radius 3 is 2.38 bits per heavy atom. The van der Waals surface area contributed by atoms with Crippen LogP contribution >= 0.6 is 0 Å². The molecule has 0 saturated carbocycles. The van der Waals surface area contributed by atoms with Crippen molar-refractivity contribution in [2.45, 2.75) is 45.6 Å². The minimum Gasteiger partial charge on any atom is -0.353 e. The van der Waals surface area contributed by atoms with E-state index in [9.17, 15) is 13.2 Å². The molecule has 0 aromatic heterocycles. The molecule has 3 rings (SSSR count). The Morgan fingerprint density at radius 2 is 1.78 bits per heavy atom. The number of amides is 1. The second kappa shape index (κ2) is 9.86. The van der Waals surface area contributed by atoms with Gasteiger partial charge in [0.15, 0.2) is 0 Å².